The molecule has 0 radical (unpaired) electrons. The fraction of sp³-hybridized carbons (Fsp3) is 0.393. The molecule has 0 unspecified atom stereocenters. The van der Waals surface area contributed by atoms with Crippen molar-refractivity contribution < 1.29 is 9.21 Å². The summed E-state index contributed by atoms with van der Waals surface area (Å²) in [6, 6.07) is 8.64. The number of likely N-dealkylation sites (tertiary alicyclic amines) is 1. The molecule has 0 saturated carbocycles. The van der Waals surface area contributed by atoms with E-state index in [2.05, 4.69) is 74.3 Å². The Kier molecular flexibility index (Phi) is 6.19. The first-order valence-electron chi connectivity index (χ1n) is 13.2. The molecule has 1 aliphatic rings. The van der Waals surface area contributed by atoms with E-state index < -0.39 is 0 Å². The van der Waals surface area contributed by atoms with Crippen LogP contribution < -0.4 is 5.32 Å². The lowest BCUT2D eigenvalue weighted by atomic mass is 9.95. The molecule has 5 aromatic rings. The van der Waals surface area contributed by atoms with Gasteiger partial charge in [0.25, 0.3) is 0 Å². The average Bonchev–Trinajstić information content (AvgIpc) is 3.66. The second-order valence-corrected chi connectivity index (χ2v) is 10.6. The number of nitrogens with zero attached hydrogens (tertiary/aromatic N) is 5. The number of benzene rings is 1. The van der Waals surface area contributed by atoms with E-state index in [0.29, 0.717) is 11.9 Å². The van der Waals surface area contributed by atoms with Crippen molar-refractivity contribution in [1.82, 2.24) is 40.6 Å². The first kappa shape index (κ1) is 24.3. The summed E-state index contributed by atoms with van der Waals surface area (Å²) in [5.41, 5.74) is 5.78. The summed E-state index contributed by atoms with van der Waals surface area (Å²) in [5, 5.41) is 20.5. The van der Waals surface area contributed by atoms with Crippen molar-refractivity contribution in [2.75, 3.05) is 13.1 Å². The molecule has 0 aliphatic carbocycles. The number of hydrogen-bond donors (Lipinski definition) is 3. The van der Waals surface area contributed by atoms with E-state index in [4.69, 9.17) is 4.42 Å². The summed E-state index contributed by atoms with van der Waals surface area (Å²) in [7, 11) is 0. The molecule has 196 valence electrons. The van der Waals surface area contributed by atoms with Gasteiger partial charge in [0.15, 0.2) is 5.65 Å². The summed E-state index contributed by atoms with van der Waals surface area (Å²) in [5.74, 6) is 0.242. The molecule has 1 aromatic carbocycles. The van der Waals surface area contributed by atoms with E-state index >= 15 is 0 Å². The number of aromatic nitrogens is 6. The zero-order valence-electron chi connectivity index (χ0n) is 22.1. The Morgan fingerprint density at radius 3 is 2.68 bits per heavy atom. The van der Waals surface area contributed by atoms with Crippen molar-refractivity contribution in [2.45, 2.75) is 58.5 Å². The predicted octanol–water partition coefficient (Wildman–Crippen LogP) is 4.88. The number of amides is 1. The van der Waals surface area contributed by atoms with Crippen LogP contribution in [0.5, 0.6) is 0 Å². The van der Waals surface area contributed by atoms with Crippen LogP contribution in [0.4, 0.5) is 0 Å². The third-order valence-electron chi connectivity index (χ3n) is 7.50. The average molecular weight is 513 g/mol. The summed E-state index contributed by atoms with van der Waals surface area (Å²) >= 11 is 0. The number of hydrogen-bond acceptors (Lipinski definition) is 7. The number of carbonyl (C=O) groups excluding carboxylic acids is 1. The quantitative estimate of drug-likeness (QED) is 0.296. The zero-order chi connectivity index (χ0) is 26.4. The van der Waals surface area contributed by atoms with Crippen molar-refractivity contribution in [3.63, 3.8) is 0 Å². The number of rotatable bonds is 6. The van der Waals surface area contributed by atoms with Crippen molar-refractivity contribution in [1.29, 1.82) is 0 Å². The number of H-pyrrole nitrogens is 2. The Balaban J connectivity index is 1.28. The molecule has 10 nitrogen and oxygen atoms in total. The van der Waals surface area contributed by atoms with E-state index in [-0.39, 0.29) is 23.8 Å². The molecule has 0 bridgehead atoms. The van der Waals surface area contributed by atoms with Gasteiger partial charge in [0.05, 0.1) is 11.9 Å². The van der Waals surface area contributed by atoms with Gasteiger partial charge in [-0.05, 0) is 62.4 Å². The molecule has 4 aromatic heterocycles. The van der Waals surface area contributed by atoms with Crippen molar-refractivity contribution in [2.24, 2.45) is 0 Å². The highest BCUT2D eigenvalue weighted by Gasteiger charge is 2.25. The van der Waals surface area contributed by atoms with Crippen LogP contribution in [-0.2, 0) is 0 Å². The summed E-state index contributed by atoms with van der Waals surface area (Å²) in [6.07, 6.45) is 5.42. The summed E-state index contributed by atoms with van der Waals surface area (Å²) < 4.78 is 5.84. The minimum atomic E-state index is -0.318. The molecule has 1 saturated heterocycles. The lowest BCUT2D eigenvalue weighted by molar-refractivity contribution is 0.0867. The van der Waals surface area contributed by atoms with Crippen LogP contribution in [0, 0.1) is 0 Å². The van der Waals surface area contributed by atoms with Gasteiger partial charge >= 0.3 is 11.8 Å². The van der Waals surface area contributed by atoms with Gasteiger partial charge < -0.3 is 19.6 Å². The van der Waals surface area contributed by atoms with Gasteiger partial charge in [0.2, 0.25) is 5.89 Å². The molecule has 10 heteroatoms. The molecule has 6 rings (SSSR count). The smallest absolute Gasteiger partial charge is 0.309 e. The highest BCUT2D eigenvalue weighted by atomic mass is 16.4. The Hall–Kier alpha value is -4.05. The molecule has 3 N–H and O–H groups in total. The van der Waals surface area contributed by atoms with Crippen LogP contribution in [0.15, 0.2) is 41.1 Å². The Bertz CT molecular complexity index is 1600. The second kappa shape index (κ2) is 9.68. The maximum atomic E-state index is 12.8. The van der Waals surface area contributed by atoms with E-state index in [1.165, 1.54) is 5.56 Å². The second-order valence-electron chi connectivity index (χ2n) is 10.6. The first-order valence-corrected chi connectivity index (χ1v) is 13.2. The molecule has 5 heterocycles. The molecule has 0 atom stereocenters. The first-order chi connectivity index (χ1) is 18.4. The maximum Gasteiger partial charge on any atom is 0.309 e. The molecule has 0 spiro atoms. The molecule has 1 amide bonds. The summed E-state index contributed by atoms with van der Waals surface area (Å²) in [4.78, 5) is 23.2. The lowest BCUT2D eigenvalue weighted by Gasteiger charge is -2.34. The third kappa shape index (κ3) is 4.34. The molecule has 38 heavy (non-hydrogen) atoms. The monoisotopic (exact) mass is 512 g/mol. The van der Waals surface area contributed by atoms with Gasteiger partial charge in [-0.1, -0.05) is 13.8 Å². The summed E-state index contributed by atoms with van der Waals surface area (Å²) in [6.45, 7) is 10.7. The maximum absolute atomic E-state index is 12.8. The standard InChI is InChI=1S/C28H32N8O2/c1-15(2)23-20-13-17(5-6-22(20)32-24(23)19-7-10-29-25-21(19)14-30-33-25)27-34-35-28(38-27)26(37)31-18-8-11-36(12-9-18)16(3)4/h5-7,10,13-16,18,32H,8-9,11-12H2,1-4H3,(H,31,37)(H,29,30,33). The van der Waals surface area contributed by atoms with E-state index in [9.17, 15) is 4.79 Å². The van der Waals surface area contributed by atoms with Crippen molar-refractivity contribution in [3.8, 4) is 22.7 Å². The van der Waals surface area contributed by atoms with Crippen molar-refractivity contribution >= 4 is 27.8 Å². The third-order valence-corrected chi connectivity index (χ3v) is 7.50. The highest BCUT2D eigenvalue weighted by Crippen LogP contribution is 2.39. The topological polar surface area (TPSA) is 129 Å². The fourth-order valence-electron chi connectivity index (χ4n) is 5.47. The Labute approximate surface area is 220 Å². The van der Waals surface area contributed by atoms with Crippen LogP contribution >= 0.6 is 0 Å². The minimum absolute atomic E-state index is 0.00985. The lowest BCUT2D eigenvalue weighted by Crippen LogP contribution is -2.46. The van der Waals surface area contributed by atoms with Gasteiger partial charge in [0.1, 0.15) is 0 Å². The molecular formula is C28H32N8O2. The van der Waals surface area contributed by atoms with Crippen LogP contribution in [0.3, 0.4) is 0 Å². The minimum Gasteiger partial charge on any atom is -0.412 e. The highest BCUT2D eigenvalue weighted by molar-refractivity contribution is 5.99. The van der Waals surface area contributed by atoms with Gasteiger partial charge in [-0.15, -0.1) is 10.2 Å². The van der Waals surface area contributed by atoms with Crippen molar-refractivity contribution in [3.05, 3.63) is 48.1 Å². The normalized spacial score (nSPS) is 15.3. The number of nitrogens with one attached hydrogen (secondary N) is 3. The number of piperidine rings is 1. The van der Waals surface area contributed by atoms with Crippen LogP contribution in [-0.4, -0.2) is 66.3 Å². The van der Waals surface area contributed by atoms with E-state index in [0.717, 1.165) is 64.7 Å². The Morgan fingerprint density at radius 2 is 1.92 bits per heavy atom. The Morgan fingerprint density at radius 1 is 1.11 bits per heavy atom. The van der Waals surface area contributed by atoms with Crippen LogP contribution in [0.1, 0.15) is 62.7 Å². The van der Waals surface area contributed by atoms with Gasteiger partial charge in [-0.25, -0.2) is 4.98 Å². The number of fused-ring (bicyclic) bond motifs is 2. The number of carbonyl (C=O) groups is 1. The number of aromatic amines is 2. The van der Waals surface area contributed by atoms with E-state index in [1.807, 2.05) is 18.2 Å². The van der Waals surface area contributed by atoms with Gasteiger partial charge in [-0.2, -0.15) is 5.10 Å². The zero-order valence-corrected chi connectivity index (χ0v) is 22.1. The largest absolute Gasteiger partial charge is 0.412 e. The van der Waals surface area contributed by atoms with Crippen LogP contribution in [0.2, 0.25) is 0 Å². The molecule has 1 fully saturated rings. The van der Waals surface area contributed by atoms with E-state index in [1.54, 1.807) is 12.4 Å². The molecular weight excluding hydrogens is 480 g/mol. The number of pyridine rings is 1. The van der Waals surface area contributed by atoms with Gasteiger partial charge in [0, 0.05) is 58.8 Å². The van der Waals surface area contributed by atoms with Crippen LogP contribution in [0.25, 0.3) is 44.6 Å². The molecule has 1 aliphatic heterocycles. The fourth-order valence-corrected chi connectivity index (χ4v) is 5.47. The SMILES string of the molecule is CC(C)c1c(-c2ccnc3[nH]ncc23)[nH]c2ccc(-c3nnc(C(=O)NC4CCN(C(C)C)CC4)o3)cc12. The predicted molar refractivity (Wildman–Crippen MR) is 146 cm³/mol. The van der Waals surface area contributed by atoms with Gasteiger partial charge in [-0.3, -0.25) is 9.89 Å².